The van der Waals surface area contributed by atoms with E-state index in [9.17, 15) is 4.39 Å². The van der Waals surface area contributed by atoms with Crippen LogP contribution in [-0.2, 0) is 13.2 Å². The van der Waals surface area contributed by atoms with Crippen LogP contribution in [0.5, 0.6) is 5.75 Å². The van der Waals surface area contributed by atoms with Crippen LogP contribution in [0.3, 0.4) is 0 Å². The Morgan fingerprint density at radius 1 is 1.22 bits per heavy atom. The summed E-state index contributed by atoms with van der Waals surface area (Å²) in [7, 11) is 1.65. The Kier molecular flexibility index (Phi) is 6.32. The highest BCUT2D eigenvalue weighted by atomic mass is 19.1. The Hall–Kier alpha value is -2.17. The van der Waals surface area contributed by atoms with Gasteiger partial charge in [-0.15, -0.1) is 0 Å². The molecule has 0 saturated heterocycles. The molecule has 0 spiro atoms. The molecule has 0 unspecified atom stereocenters. The fourth-order valence-electron chi connectivity index (χ4n) is 2.30. The number of halogens is 1. The summed E-state index contributed by atoms with van der Waals surface area (Å²) in [4.78, 5) is 0. The van der Waals surface area contributed by atoms with Gasteiger partial charge in [-0.1, -0.05) is 29.8 Å². The van der Waals surface area contributed by atoms with Crippen LogP contribution >= 0.6 is 0 Å². The van der Waals surface area contributed by atoms with Crippen LogP contribution in [0.25, 0.3) is 6.08 Å². The summed E-state index contributed by atoms with van der Waals surface area (Å²) in [6.45, 7) is 3.13. The van der Waals surface area contributed by atoms with Crippen molar-refractivity contribution in [2.45, 2.75) is 20.1 Å². The summed E-state index contributed by atoms with van der Waals surface area (Å²) in [6, 6.07) is 12.7. The normalized spacial score (nSPS) is 11.6. The van der Waals surface area contributed by atoms with E-state index in [2.05, 4.69) is 18.3 Å². The maximum atomic E-state index is 13.3. The van der Waals surface area contributed by atoms with Gasteiger partial charge < -0.3 is 15.2 Å². The minimum Gasteiger partial charge on any atom is -0.497 e. The molecule has 2 aromatic rings. The molecule has 0 aromatic heterocycles. The largest absolute Gasteiger partial charge is 0.497 e. The number of methoxy groups -OCH3 is 1. The lowest BCUT2D eigenvalue weighted by Gasteiger charge is -2.08. The maximum Gasteiger partial charge on any atom is 0.128 e. The van der Waals surface area contributed by atoms with Gasteiger partial charge in [-0.2, -0.15) is 0 Å². The summed E-state index contributed by atoms with van der Waals surface area (Å²) >= 11 is 0. The summed E-state index contributed by atoms with van der Waals surface area (Å²) in [6.07, 6.45) is 2.11. The highest BCUT2D eigenvalue weighted by Crippen LogP contribution is 2.14. The third-order valence-electron chi connectivity index (χ3n) is 3.54. The van der Waals surface area contributed by atoms with E-state index in [1.807, 2.05) is 24.3 Å². The Balaban J connectivity index is 1.88. The van der Waals surface area contributed by atoms with Gasteiger partial charge in [0.1, 0.15) is 11.6 Å². The lowest BCUT2D eigenvalue weighted by Crippen LogP contribution is -2.15. The molecule has 2 rings (SSSR count). The summed E-state index contributed by atoms with van der Waals surface area (Å²) < 4.78 is 18.5. The van der Waals surface area contributed by atoms with Crippen LogP contribution in [0.15, 0.2) is 48.0 Å². The quantitative estimate of drug-likeness (QED) is 0.821. The predicted molar refractivity (Wildman–Crippen MR) is 90.7 cm³/mol. The monoisotopic (exact) mass is 315 g/mol. The van der Waals surface area contributed by atoms with Gasteiger partial charge in [-0.25, -0.2) is 4.39 Å². The van der Waals surface area contributed by atoms with E-state index in [0.717, 1.165) is 23.4 Å². The second-order valence-electron chi connectivity index (χ2n) is 5.45. The van der Waals surface area contributed by atoms with Crippen LogP contribution < -0.4 is 10.1 Å². The molecule has 2 aromatic carbocycles. The first-order valence-electron chi connectivity index (χ1n) is 7.52. The van der Waals surface area contributed by atoms with Crippen LogP contribution in [0.1, 0.15) is 23.6 Å². The molecule has 0 atom stereocenters. The Labute approximate surface area is 136 Å². The molecule has 0 radical (unpaired) electrons. The molecule has 0 heterocycles. The van der Waals surface area contributed by atoms with E-state index in [1.165, 1.54) is 11.6 Å². The molecular formula is C19H22FNO2. The Bertz CT molecular complexity index is 666. The van der Waals surface area contributed by atoms with Crippen LogP contribution in [-0.4, -0.2) is 18.8 Å². The molecule has 0 saturated carbocycles. The fraction of sp³-hybridized carbons (Fsp3) is 0.263. The lowest BCUT2D eigenvalue weighted by atomic mass is 10.1. The number of rotatable bonds is 7. The Morgan fingerprint density at radius 2 is 1.96 bits per heavy atom. The van der Waals surface area contributed by atoms with Crippen molar-refractivity contribution < 1.29 is 14.2 Å². The second-order valence-corrected chi connectivity index (χ2v) is 5.45. The number of nitrogens with one attached hydrogen (secondary N) is 1. The van der Waals surface area contributed by atoms with E-state index < -0.39 is 0 Å². The van der Waals surface area contributed by atoms with E-state index in [-0.39, 0.29) is 12.4 Å². The molecule has 122 valence electrons. The van der Waals surface area contributed by atoms with Gasteiger partial charge in [0.15, 0.2) is 0 Å². The number of hydrogen-bond acceptors (Lipinski definition) is 3. The number of benzene rings is 2. The van der Waals surface area contributed by atoms with Gasteiger partial charge in [0.2, 0.25) is 0 Å². The first-order chi connectivity index (χ1) is 11.1. The molecular weight excluding hydrogens is 293 g/mol. The summed E-state index contributed by atoms with van der Waals surface area (Å²) in [5.41, 5.74) is 3.59. The lowest BCUT2D eigenvalue weighted by molar-refractivity contribution is 0.275. The molecule has 3 nitrogen and oxygen atoms in total. The fourth-order valence-corrected chi connectivity index (χ4v) is 2.30. The zero-order valence-corrected chi connectivity index (χ0v) is 13.5. The molecule has 23 heavy (non-hydrogen) atoms. The highest BCUT2D eigenvalue weighted by Gasteiger charge is 2.02. The molecule has 0 bridgehead atoms. The zero-order valence-electron chi connectivity index (χ0n) is 13.5. The predicted octanol–water partition coefficient (Wildman–Crippen LogP) is 3.52. The molecule has 2 N–H and O–H groups in total. The number of ether oxygens (including phenoxy) is 1. The standard InChI is InChI=1S/C19H22FNO2/c1-14(9-15-3-6-18(23-2)7-4-15)11-21-12-16-5-8-19(20)17(10-16)13-22/h3-10,21-22H,11-13H2,1-2H3/b14-9-. The molecule has 0 aliphatic carbocycles. The summed E-state index contributed by atoms with van der Waals surface area (Å²) in [5.74, 6) is 0.473. The van der Waals surface area contributed by atoms with Gasteiger partial charge in [0, 0.05) is 18.7 Å². The molecule has 0 aliphatic rings. The second kappa shape index (κ2) is 8.46. The van der Waals surface area contributed by atoms with E-state index in [4.69, 9.17) is 9.84 Å². The molecule has 0 fully saturated rings. The minimum atomic E-state index is -0.369. The van der Waals surface area contributed by atoms with Crippen LogP contribution in [0, 0.1) is 5.82 Å². The third-order valence-corrected chi connectivity index (χ3v) is 3.54. The average molecular weight is 315 g/mol. The Morgan fingerprint density at radius 3 is 2.61 bits per heavy atom. The van der Waals surface area contributed by atoms with Gasteiger partial charge in [0.05, 0.1) is 13.7 Å². The average Bonchev–Trinajstić information content (AvgIpc) is 2.57. The third kappa shape index (κ3) is 5.20. The number of aliphatic hydroxyl groups is 1. The molecule has 0 aliphatic heterocycles. The molecule has 4 heteroatoms. The van der Waals surface area contributed by atoms with Crippen molar-refractivity contribution in [2.24, 2.45) is 0 Å². The molecule has 0 amide bonds. The first kappa shape index (κ1) is 17.2. The van der Waals surface area contributed by atoms with Gasteiger partial charge in [-0.05, 0) is 42.3 Å². The minimum absolute atomic E-state index is 0.282. The smallest absolute Gasteiger partial charge is 0.128 e. The zero-order chi connectivity index (χ0) is 16.7. The van der Waals surface area contributed by atoms with Crippen LogP contribution in [0.2, 0.25) is 0 Å². The van der Waals surface area contributed by atoms with E-state index in [1.54, 1.807) is 19.2 Å². The SMILES string of the molecule is COc1ccc(/C=C(/C)CNCc2ccc(F)c(CO)c2)cc1. The van der Waals surface area contributed by atoms with Crippen molar-refractivity contribution in [1.29, 1.82) is 0 Å². The van der Waals surface area contributed by atoms with E-state index in [0.29, 0.717) is 12.1 Å². The van der Waals surface area contributed by atoms with Crippen molar-refractivity contribution in [3.8, 4) is 5.75 Å². The van der Waals surface area contributed by atoms with Crippen molar-refractivity contribution in [3.63, 3.8) is 0 Å². The van der Waals surface area contributed by atoms with Gasteiger partial charge >= 0.3 is 0 Å². The summed E-state index contributed by atoms with van der Waals surface area (Å²) in [5, 5.41) is 12.4. The van der Waals surface area contributed by atoms with Gasteiger partial charge in [0.25, 0.3) is 0 Å². The topological polar surface area (TPSA) is 41.5 Å². The van der Waals surface area contributed by atoms with Crippen molar-refractivity contribution >= 4 is 6.08 Å². The maximum absolute atomic E-state index is 13.3. The first-order valence-corrected chi connectivity index (χ1v) is 7.52. The van der Waals surface area contributed by atoms with Gasteiger partial charge in [-0.3, -0.25) is 0 Å². The number of aliphatic hydroxyl groups excluding tert-OH is 1. The van der Waals surface area contributed by atoms with E-state index >= 15 is 0 Å². The van der Waals surface area contributed by atoms with Crippen molar-refractivity contribution in [3.05, 3.63) is 70.5 Å². The highest BCUT2D eigenvalue weighted by molar-refractivity contribution is 5.53. The number of hydrogen-bond donors (Lipinski definition) is 2. The van der Waals surface area contributed by atoms with Crippen molar-refractivity contribution in [1.82, 2.24) is 5.32 Å². The van der Waals surface area contributed by atoms with Crippen LogP contribution in [0.4, 0.5) is 4.39 Å². The van der Waals surface area contributed by atoms with Crippen molar-refractivity contribution in [2.75, 3.05) is 13.7 Å².